The highest BCUT2D eigenvalue weighted by molar-refractivity contribution is 7.95. The molecule has 5 nitrogen and oxygen atoms in total. The van der Waals surface area contributed by atoms with Gasteiger partial charge >= 0.3 is 0 Å². The molecule has 1 aromatic rings. The van der Waals surface area contributed by atoms with E-state index in [1.165, 1.54) is 11.1 Å². The van der Waals surface area contributed by atoms with Crippen molar-refractivity contribution in [1.29, 1.82) is 5.26 Å². The fraction of sp³-hybridized carbons (Fsp3) is 0.364. The summed E-state index contributed by atoms with van der Waals surface area (Å²) in [5.74, 6) is 0.0450. The quantitative estimate of drug-likeness (QED) is 0.732. The van der Waals surface area contributed by atoms with Crippen molar-refractivity contribution in [1.82, 2.24) is 4.90 Å². The summed E-state index contributed by atoms with van der Waals surface area (Å²) in [5, 5.41) is 8.80. The Morgan fingerprint density at radius 1 is 1.29 bits per heavy atom. The van der Waals surface area contributed by atoms with Crippen LogP contribution in [0.1, 0.15) is 31.4 Å². The van der Waals surface area contributed by atoms with Crippen LogP contribution in [-0.2, 0) is 27.6 Å². The first-order chi connectivity index (χ1) is 13.3. The number of carbonyl (C=O) groups is 1. The molecule has 1 heterocycles. The van der Waals surface area contributed by atoms with E-state index in [-0.39, 0.29) is 5.91 Å². The van der Waals surface area contributed by atoms with Crippen molar-refractivity contribution in [3.05, 3.63) is 70.7 Å². The fourth-order valence-electron chi connectivity index (χ4n) is 3.72. The first-order valence-electron chi connectivity index (χ1n) is 9.31. The molecule has 1 atom stereocenters. The van der Waals surface area contributed by atoms with E-state index < -0.39 is 20.5 Å². The number of allylic oxidation sites excluding steroid dienone is 3. The van der Waals surface area contributed by atoms with Crippen LogP contribution in [0.25, 0.3) is 0 Å². The molecule has 1 unspecified atom stereocenters. The average Bonchev–Trinajstić information content (AvgIpc) is 2.71. The van der Waals surface area contributed by atoms with Crippen molar-refractivity contribution >= 4 is 15.7 Å². The molecular formula is C22H24N2O3S. The second-order valence-electron chi connectivity index (χ2n) is 7.68. The number of fused-ring (bicyclic) bond motifs is 1. The Labute approximate surface area is 166 Å². The lowest BCUT2D eigenvalue weighted by Gasteiger charge is -2.36. The molecule has 2 aliphatic rings. The van der Waals surface area contributed by atoms with Crippen LogP contribution < -0.4 is 0 Å². The predicted octanol–water partition coefficient (Wildman–Crippen LogP) is 3.30. The van der Waals surface area contributed by atoms with Crippen molar-refractivity contribution in [3.63, 3.8) is 0 Å². The molecule has 0 radical (unpaired) electrons. The van der Waals surface area contributed by atoms with Gasteiger partial charge in [-0.3, -0.25) is 4.79 Å². The van der Waals surface area contributed by atoms with E-state index in [2.05, 4.69) is 12.1 Å². The maximum atomic E-state index is 13.2. The molecule has 1 aliphatic heterocycles. The molecule has 6 heteroatoms. The van der Waals surface area contributed by atoms with Gasteiger partial charge in [-0.2, -0.15) is 5.26 Å². The van der Waals surface area contributed by atoms with Crippen LogP contribution in [0.5, 0.6) is 0 Å². The molecule has 0 saturated carbocycles. The van der Waals surface area contributed by atoms with Crippen LogP contribution in [0.15, 0.2) is 59.6 Å². The van der Waals surface area contributed by atoms with E-state index in [4.69, 9.17) is 5.26 Å². The zero-order valence-electron chi connectivity index (χ0n) is 16.1. The van der Waals surface area contributed by atoms with E-state index in [1.807, 2.05) is 37.0 Å². The Hall–Kier alpha value is -2.65. The molecule has 1 amide bonds. The number of hydrogen-bond donors (Lipinski definition) is 0. The van der Waals surface area contributed by atoms with Crippen LogP contribution >= 0.6 is 0 Å². The lowest BCUT2D eigenvalue weighted by Crippen LogP contribution is -2.44. The Morgan fingerprint density at radius 3 is 2.64 bits per heavy atom. The number of rotatable bonds is 4. The van der Waals surface area contributed by atoms with Crippen LogP contribution in [0.2, 0.25) is 0 Å². The van der Waals surface area contributed by atoms with Crippen LogP contribution in [0, 0.1) is 16.7 Å². The molecule has 0 N–H and O–H groups in total. The first-order valence-corrected chi connectivity index (χ1v) is 10.9. The van der Waals surface area contributed by atoms with E-state index in [0.29, 0.717) is 19.5 Å². The van der Waals surface area contributed by atoms with Gasteiger partial charge in [0.2, 0.25) is 5.91 Å². The lowest BCUT2D eigenvalue weighted by molar-refractivity contribution is -0.139. The second-order valence-corrected chi connectivity index (χ2v) is 9.74. The molecule has 28 heavy (non-hydrogen) atoms. The third kappa shape index (κ3) is 3.95. The topological polar surface area (TPSA) is 78.2 Å². The minimum Gasteiger partial charge on any atom is -0.337 e. The molecule has 1 aliphatic carbocycles. The third-order valence-corrected chi connectivity index (χ3v) is 7.20. The van der Waals surface area contributed by atoms with Gasteiger partial charge in [0.1, 0.15) is 0 Å². The normalized spacial score (nSPS) is 19.8. The molecule has 0 fully saturated rings. The van der Waals surface area contributed by atoms with Crippen molar-refractivity contribution in [2.45, 2.75) is 38.5 Å². The Balaban J connectivity index is 1.74. The van der Waals surface area contributed by atoms with Gasteiger partial charge in [-0.15, -0.1) is 0 Å². The molecule has 0 spiro atoms. The number of nitrogens with zero attached hydrogens (tertiary/aromatic N) is 2. The molecular weight excluding hydrogens is 372 g/mol. The Bertz CT molecular complexity index is 1010. The number of sulfone groups is 1. The Kier molecular flexibility index (Phi) is 5.57. The molecule has 0 saturated heterocycles. The molecule has 0 bridgehead atoms. The largest absolute Gasteiger partial charge is 0.337 e. The highest BCUT2D eigenvalue weighted by atomic mass is 32.2. The van der Waals surface area contributed by atoms with Gasteiger partial charge in [-0.1, -0.05) is 42.5 Å². The number of nitriles is 1. The van der Waals surface area contributed by atoms with Crippen molar-refractivity contribution < 1.29 is 13.2 Å². The minimum absolute atomic E-state index is 0.0450. The van der Waals surface area contributed by atoms with Gasteiger partial charge in [-0.05, 0) is 43.4 Å². The molecule has 0 aromatic heterocycles. The second kappa shape index (κ2) is 7.76. The number of hydrogen-bond acceptors (Lipinski definition) is 4. The van der Waals surface area contributed by atoms with Crippen molar-refractivity contribution in [2.75, 3.05) is 6.54 Å². The zero-order valence-corrected chi connectivity index (χ0v) is 16.9. The van der Waals surface area contributed by atoms with Gasteiger partial charge in [0.15, 0.2) is 9.84 Å². The molecule has 146 valence electrons. The summed E-state index contributed by atoms with van der Waals surface area (Å²) in [6.45, 7) is 5.06. The smallest absolute Gasteiger partial charge is 0.232 e. The summed E-state index contributed by atoms with van der Waals surface area (Å²) in [5.41, 5.74) is 2.56. The summed E-state index contributed by atoms with van der Waals surface area (Å²) >= 11 is 0. The van der Waals surface area contributed by atoms with Gasteiger partial charge in [0.05, 0.1) is 16.7 Å². The highest BCUT2D eigenvalue weighted by Crippen LogP contribution is 2.35. The monoisotopic (exact) mass is 396 g/mol. The van der Waals surface area contributed by atoms with Gasteiger partial charge in [0, 0.05) is 24.6 Å². The summed E-state index contributed by atoms with van der Waals surface area (Å²) in [7, 11) is -3.52. The van der Waals surface area contributed by atoms with Gasteiger partial charge < -0.3 is 4.90 Å². The van der Waals surface area contributed by atoms with Crippen LogP contribution in [0.3, 0.4) is 0 Å². The number of carbonyl (C=O) groups excluding carboxylic acids is 1. The standard InChI is InChI=1S/C22H24N2O3S/c1-22(2,19-8-10-20(11-9-19)28(26,27)15-5-13-23)21(25)24-14-12-17-6-3-4-7-18(17)16-24/h3-10,15,20H,11-12,14,16H2,1-2H3. The fourth-order valence-corrected chi connectivity index (χ4v) is 4.84. The summed E-state index contributed by atoms with van der Waals surface area (Å²) in [4.78, 5) is 15.1. The van der Waals surface area contributed by atoms with Crippen molar-refractivity contribution in [3.8, 4) is 6.07 Å². The van der Waals surface area contributed by atoms with E-state index in [1.54, 1.807) is 18.2 Å². The SMILES string of the molecule is CC(C)(C(=O)N1CCc2ccccc2C1)C1=CCC(S(=O)(=O)C=CC#N)C=C1. The summed E-state index contributed by atoms with van der Waals surface area (Å²) in [6.07, 6.45) is 7.30. The van der Waals surface area contributed by atoms with Gasteiger partial charge in [0.25, 0.3) is 0 Å². The lowest BCUT2D eigenvalue weighted by atomic mass is 9.79. The minimum atomic E-state index is -3.52. The Morgan fingerprint density at radius 2 is 2.00 bits per heavy atom. The van der Waals surface area contributed by atoms with E-state index >= 15 is 0 Å². The van der Waals surface area contributed by atoms with E-state index in [9.17, 15) is 13.2 Å². The predicted molar refractivity (Wildman–Crippen MR) is 109 cm³/mol. The zero-order chi connectivity index (χ0) is 20.4. The van der Waals surface area contributed by atoms with Gasteiger partial charge in [-0.25, -0.2) is 8.42 Å². The summed E-state index contributed by atoms with van der Waals surface area (Å²) < 4.78 is 24.4. The van der Waals surface area contributed by atoms with Crippen molar-refractivity contribution in [2.24, 2.45) is 5.41 Å². The highest BCUT2D eigenvalue weighted by Gasteiger charge is 2.37. The average molecular weight is 397 g/mol. The molecule has 3 rings (SSSR count). The maximum Gasteiger partial charge on any atom is 0.232 e. The number of amides is 1. The van der Waals surface area contributed by atoms with Crippen LogP contribution in [-0.4, -0.2) is 31.0 Å². The van der Waals surface area contributed by atoms with E-state index in [0.717, 1.165) is 23.5 Å². The summed E-state index contributed by atoms with van der Waals surface area (Å²) in [6, 6.07) is 9.89. The maximum absolute atomic E-state index is 13.2. The first kappa shape index (κ1) is 20.1. The third-order valence-electron chi connectivity index (χ3n) is 5.49. The number of benzene rings is 1. The molecule has 1 aromatic carbocycles. The van der Waals surface area contributed by atoms with Crippen LogP contribution in [0.4, 0.5) is 0 Å².